The Labute approximate surface area is 98.3 Å². The second kappa shape index (κ2) is 4.02. The van der Waals surface area contributed by atoms with Crippen LogP contribution >= 0.6 is 0 Å². The molecule has 1 aliphatic carbocycles. The molecule has 0 bridgehead atoms. The first kappa shape index (κ1) is 10.6. The van der Waals surface area contributed by atoms with Crippen LogP contribution in [0.3, 0.4) is 0 Å². The van der Waals surface area contributed by atoms with Crippen LogP contribution in [0.5, 0.6) is 0 Å². The van der Waals surface area contributed by atoms with Gasteiger partial charge in [0.25, 0.3) is 0 Å². The summed E-state index contributed by atoms with van der Waals surface area (Å²) >= 11 is 0. The molecule has 16 heavy (non-hydrogen) atoms. The summed E-state index contributed by atoms with van der Waals surface area (Å²) in [5, 5.41) is 8.17. The standard InChI is InChI=1S/C13H23N3/c1-15-7-2-3-11-9-16(8-6-12(11)15)13(14)10-4-5-10/h10-12,14H,2-9H2,1H3. The second-order valence-corrected chi connectivity index (χ2v) is 5.84. The molecule has 1 N–H and O–H groups in total. The molecule has 90 valence electrons. The maximum Gasteiger partial charge on any atom is 0.0989 e. The number of nitrogens with zero attached hydrogens (tertiary/aromatic N) is 2. The lowest BCUT2D eigenvalue weighted by Gasteiger charge is -2.46. The molecule has 3 nitrogen and oxygen atoms in total. The molecule has 3 rings (SSSR count). The first-order chi connectivity index (χ1) is 7.75. The molecule has 2 atom stereocenters. The van der Waals surface area contributed by atoms with Gasteiger partial charge in [-0.15, -0.1) is 0 Å². The lowest BCUT2D eigenvalue weighted by molar-refractivity contribution is 0.0620. The number of fused-ring (bicyclic) bond motifs is 1. The van der Waals surface area contributed by atoms with Gasteiger partial charge in [0.05, 0.1) is 5.84 Å². The molecule has 2 saturated heterocycles. The van der Waals surface area contributed by atoms with E-state index in [0.717, 1.165) is 30.9 Å². The number of amidine groups is 1. The van der Waals surface area contributed by atoms with Gasteiger partial charge >= 0.3 is 0 Å². The fraction of sp³-hybridized carbons (Fsp3) is 0.923. The van der Waals surface area contributed by atoms with Gasteiger partial charge in [-0.2, -0.15) is 0 Å². The minimum absolute atomic E-state index is 0.623. The average Bonchev–Trinajstić information content (AvgIpc) is 3.12. The Hall–Kier alpha value is -0.570. The highest BCUT2D eigenvalue weighted by Crippen LogP contribution is 2.35. The molecular weight excluding hydrogens is 198 g/mol. The Balaban J connectivity index is 1.63. The molecule has 0 aromatic rings. The molecule has 0 radical (unpaired) electrons. The van der Waals surface area contributed by atoms with Gasteiger partial charge in [0.2, 0.25) is 0 Å². The van der Waals surface area contributed by atoms with Crippen LogP contribution in [0.1, 0.15) is 32.1 Å². The molecule has 3 heteroatoms. The average molecular weight is 221 g/mol. The van der Waals surface area contributed by atoms with E-state index < -0.39 is 0 Å². The summed E-state index contributed by atoms with van der Waals surface area (Å²) in [6.07, 6.45) is 6.54. The Morgan fingerprint density at radius 2 is 1.94 bits per heavy atom. The monoisotopic (exact) mass is 221 g/mol. The number of nitrogens with one attached hydrogen (secondary N) is 1. The number of piperidine rings is 2. The van der Waals surface area contributed by atoms with Crippen molar-refractivity contribution in [3.8, 4) is 0 Å². The van der Waals surface area contributed by atoms with Crippen molar-refractivity contribution in [3.63, 3.8) is 0 Å². The SMILES string of the molecule is CN1CCCC2CN(C(=N)C3CC3)CCC21. The van der Waals surface area contributed by atoms with Crippen LogP contribution in [0, 0.1) is 17.2 Å². The Kier molecular flexibility index (Phi) is 2.66. The minimum atomic E-state index is 0.623. The molecule has 2 unspecified atom stereocenters. The number of hydrogen-bond donors (Lipinski definition) is 1. The normalized spacial score (nSPS) is 35.9. The molecule has 0 spiro atoms. The molecular formula is C13H23N3. The Bertz CT molecular complexity index is 285. The van der Waals surface area contributed by atoms with E-state index in [4.69, 9.17) is 5.41 Å². The van der Waals surface area contributed by atoms with E-state index in [1.54, 1.807) is 0 Å². The van der Waals surface area contributed by atoms with Crippen LogP contribution in [-0.4, -0.2) is 48.4 Å². The minimum Gasteiger partial charge on any atom is -0.360 e. The summed E-state index contributed by atoms with van der Waals surface area (Å²) in [5.74, 6) is 2.40. The number of likely N-dealkylation sites (tertiary alicyclic amines) is 2. The van der Waals surface area contributed by atoms with Crippen LogP contribution < -0.4 is 0 Å². The van der Waals surface area contributed by atoms with E-state index in [1.165, 1.54) is 38.6 Å². The zero-order chi connectivity index (χ0) is 11.1. The summed E-state index contributed by atoms with van der Waals surface area (Å²) in [7, 11) is 2.28. The van der Waals surface area contributed by atoms with Crippen molar-refractivity contribution in [2.45, 2.75) is 38.1 Å². The van der Waals surface area contributed by atoms with Crippen LogP contribution in [0.4, 0.5) is 0 Å². The molecule has 3 fully saturated rings. The maximum atomic E-state index is 8.17. The zero-order valence-corrected chi connectivity index (χ0v) is 10.3. The number of hydrogen-bond acceptors (Lipinski definition) is 2. The third kappa shape index (κ3) is 1.86. The number of rotatable bonds is 1. The van der Waals surface area contributed by atoms with Crippen LogP contribution in [0.15, 0.2) is 0 Å². The van der Waals surface area contributed by atoms with Crippen LogP contribution in [0.2, 0.25) is 0 Å². The highest BCUT2D eigenvalue weighted by Gasteiger charge is 2.38. The molecule has 2 aliphatic heterocycles. The van der Waals surface area contributed by atoms with Gasteiger partial charge in [-0.05, 0) is 51.6 Å². The molecule has 0 aromatic heterocycles. The lowest BCUT2D eigenvalue weighted by Crippen LogP contribution is -2.54. The van der Waals surface area contributed by atoms with E-state index in [2.05, 4.69) is 16.8 Å². The molecule has 0 aromatic carbocycles. The van der Waals surface area contributed by atoms with Gasteiger partial charge in [-0.1, -0.05) is 0 Å². The maximum absolute atomic E-state index is 8.17. The molecule has 1 saturated carbocycles. The van der Waals surface area contributed by atoms with E-state index in [0.29, 0.717) is 5.92 Å². The topological polar surface area (TPSA) is 30.3 Å². The van der Waals surface area contributed by atoms with Gasteiger partial charge in [0.1, 0.15) is 0 Å². The van der Waals surface area contributed by atoms with Crippen molar-refractivity contribution in [1.82, 2.24) is 9.80 Å². The van der Waals surface area contributed by atoms with Crippen molar-refractivity contribution in [2.24, 2.45) is 11.8 Å². The fourth-order valence-electron chi connectivity index (χ4n) is 3.49. The van der Waals surface area contributed by atoms with Crippen molar-refractivity contribution < 1.29 is 0 Å². The van der Waals surface area contributed by atoms with Gasteiger partial charge in [0, 0.05) is 25.0 Å². The van der Waals surface area contributed by atoms with Crippen molar-refractivity contribution in [3.05, 3.63) is 0 Å². The van der Waals surface area contributed by atoms with E-state index in [9.17, 15) is 0 Å². The van der Waals surface area contributed by atoms with E-state index in [-0.39, 0.29) is 0 Å². The van der Waals surface area contributed by atoms with Crippen LogP contribution in [0.25, 0.3) is 0 Å². The smallest absolute Gasteiger partial charge is 0.0989 e. The van der Waals surface area contributed by atoms with Gasteiger partial charge in [0.15, 0.2) is 0 Å². The lowest BCUT2D eigenvalue weighted by atomic mass is 9.84. The Morgan fingerprint density at radius 1 is 1.12 bits per heavy atom. The van der Waals surface area contributed by atoms with E-state index >= 15 is 0 Å². The largest absolute Gasteiger partial charge is 0.360 e. The fourth-order valence-corrected chi connectivity index (χ4v) is 3.49. The molecule has 2 heterocycles. The summed E-state index contributed by atoms with van der Waals surface area (Å²) < 4.78 is 0. The summed E-state index contributed by atoms with van der Waals surface area (Å²) in [6.45, 7) is 3.56. The third-order valence-corrected chi connectivity index (χ3v) is 4.65. The van der Waals surface area contributed by atoms with Crippen LogP contribution in [-0.2, 0) is 0 Å². The summed E-state index contributed by atoms with van der Waals surface area (Å²) in [4.78, 5) is 4.92. The van der Waals surface area contributed by atoms with Gasteiger partial charge < -0.3 is 9.80 Å². The van der Waals surface area contributed by atoms with Crippen molar-refractivity contribution in [2.75, 3.05) is 26.7 Å². The van der Waals surface area contributed by atoms with Crippen molar-refractivity contribution >= 4 is 5.84 Å². The molecule has 3 aliphatic rings. The quantitative estimate of drug-likeness (QED) is 0.540. The summed E-state index contributed by atoms with van der Waals surface area (Å²) in [6, 6.07) is 0.803. The van der Waals surface area contributed by atoms with Gasteiger partial charge in [-0.3, -0.25) is 5.41 Å². The molecule has 0 amide bonds. The zero-order valence-electron chi connectivity index (χ0n) is 10.3. The predicted molar refractivity (Wildman–Crippen MR) is 65.8 cm³/mol. The third-order valence-electron chi connectivity index (χ3n) is 4.65. The first-order valence-corrected chi connectivity index (χ1v) is 6.79. The first-order valence-electron chi connectivity index (χ1n) is 6.79. The van der Waals surface area contributed by atoms with Crippen molar-refractivity contribution in [1.29, 1.82) is 5.41 Å². The van der Waals surface area contributed by atoms with Gasteiger partial charge in [-0.25, -0.2) is 0 Å². The predicted octanol–water partition coefficient (Wildman–Crippen LogP) is 1.79. The highest BCUT2D eigenvalue weighted by atomic mass is 15.2. The summed E-state index contributed by atoms with van der Waals surface area (Å²) in [5.41, 5.74) is 0. The second-order valence-electron chi connectivity index (χ2n) is 5.84. The Morgan fingerprint density at radius 3 is 2.69 bits per heavy atom. The van der Waals surface area contributed by atoms with E-state index in [1.807, 2.05) is 0 Å². The highest BCUT2D eigenvalue weighted by molar-refractivity contribution is 5.83.